The lowest BCUT2D eigenvalue weighted by molar-refractivity contribution is -0.932. The van der Waals surface area contributed by atoms with Crippen molar-refractivity contribution < 1.29 is 19.2 Å². The molecule has 3 atom stereocenters. The standard InChI is InChI=1S/C15H22N2O3/c1-10(15(16)18)17-8-4-5-13(17)12-9-11(19-2)6-7-14(12)20-3/h6-7,9-10,13H,4-5,8H2,1-3H3,(H2,16,18)/p+1/t10-,13+/m0/s1. The molecule has 5 nitrogen and oxygen atoms in total. The molecule has 2 rings (SSSR count). The molecule has 0 aromatic heterocycles. The smallest absolute Gasteiger partial charge is 0.275 e. The SMILES string of the molecule is COc1ccc(OC)c([C@H]2CCC[NH+]2[C@@H](C)C(N)=O)c1. The van der Waals surface area contributed by atoms with Crippen molar-refractivity contribution in [1.82, 2.24) is 0 Å². The molecule has 5 heteroatoms. The van der Waals surface area contributed by atoms with Gasteiger partial charge in [0, 0.05) is 12.8 Å². The first-order chi connectivity index (χ1) is 9.58. The molecule has 1 unspecified atom stereocenters. The normalized spacial score (nSPS) is 23.4. The van der Waals surface area contributed by atoms with Crippen molar-refractivity contribution >= 4 is 5.91 Å². The van der Waals surface area contributed by atoms with E-state index in [0.29, 0.717) is 0 Å². The van der Waals surface area contributed by atoms with Crippen molar-refractivity contribution in [3.8, 4) is 11.5 Å². The van der Waals surface area contributed by atoms with Crippen LogP contribution in [0.5, 0.6) is 11.5 Å². The van der Waals surface area contributed by atoms with Crippen molar-refractivity contribution in [2.24, 2.45) is 5.73 Å². The summed E-state index contributed by atoms with van der Waals surface area (Å²) < 4.78 is 10.8. The summed E-state index contributed by atoms with van der Waals surface area (Å²) >= 11 is 0. The summed E-state index contributed by atoms with van der Waals surface area (Å²) in [6, 6.07) is 5.83. The molecule has 1 amide bonds. The fraction of sp³-hybridized carbons (Fsp3) is 0.533. The Bertz CT molecular complexity index is 490. The van der Waals surface area contributed by atoms with Gasteiger partial charge in [-0.3, -0.25) is 4.79 Å². The largest absolute Gasteiger partial charge is 0.497 e. The van der Waals surface area contributed by atoms with Crippen molar-refractivity contribution in [3.63, 3.8) is 0 Å². The second kappa shape index (κ2) is 6.13. The highest BCUT2D eigenvalue weighted by molar-refractivity contribution is 5.77. The van der Waals surface area contributed by atoms with Crippen LogP contribution in [0.15, 0.2) is 18.2 Å². The quantitative estimate of drug-likeness (QED) is 0.814. The first-order valence-corrected chi connectivity index (χ1v) is 6.95. The second-order valence-corrected chi connectivity index (χ2v) is 5.25. The van der Waals surface area contributed by atoms with Gasteiger partial charge in [0.1, 0.15) is 17.5 Å². The Labute approximate surface area is 119 Å². The van der Waals surface area contributed by atoms with E-state index in [1.807, 2.05) is 25.1 Å². The predicted octanol–water partition coefficient (Wildman–Crippen LogP) is 0.297. The molecule has 0 aliphatic carbocycles. The Morgan fingerprint density at radius 1 is 1.40 bits per heavy atom. The zero-order valence-corrected chi connectivity index (χ0v) is 12.3. The van der Waals surface area contributed by atoms with Crippen LogP contribution in [0.4, 0.5) is 0 Å². The molecular formula is C15H23N2O3+. The number of hydrogen-bond donors (Lipinski definition) is 2. The second-order valence-electron chi connectivity index (χ2n) is 5.25. The number of ether oxygens (including phenoxy) is 2. The van der Waals surface area contributed by atoms with E-state index in [9.17, 15) is 4.79 Å². The number of nitrogens with two attached hydrogens (primary N) is 1. The molecule has 1 saturated heterocycles. The number of rotatable bonds is 5. The van der Waals surface area contributed by atoms with Gasteiger partial charge in [-0.1, -0.05) is 0 Å². The maximum Gasteiger partial charge on any atom is 0.275 e. The third-order valence-electron chi connectivity index (χ3n) is 4.20. The van der Waals surface area contributed by atoms with E-state index in [2.05, 4.69) is 0 Å². The molecule has 1 aliphatic heterocycles. The van der Waals surface area contributed by atoms with Crippen LogP contribution in [0, 0.1) is 0 Å². The molecule has 0 radical (unpaired) electrons. The molecule has 110 valence electrons. The zero-order chi connectivity index (χ0) is 14.7. The maximum atomic E-state index is 11.5. The Morgan fingerprint density at radius 3 is 2.75 bits per heavy atom. The van der Waals surface area contributed by atoms with Gasteiger partial charge in [-0.05, 0) is 25.1 Å². The summed E-state index contributed by atoms with van der Waals surface area (Å²) in [5.74, 6) is 1.39. The maximum absolute atomic E-state index is 11.5. The van der Waals surface area contributed by atoms with Gasteiger partial charge in [0.05, 0.1) is 26.3 Å². The van der Waals surface area contributed by atoms with E-state index in [0.717, 1.165) is 36.4 Å². The van der Waals surface area contributed by atoms with Crippen LogP contribution < -0.4 is 20.1 Å². The Balaban J connectivity index is 2.35. The summed E-state index contributed by atoms with van der Waals surface area (Å²) in [5.41, 5.74) is 6.56. The lowest BCUT2D eigenvalue weighted by Gasteiger charge is -2.27. The predicted molar refractivity (Wildman–Crippen MR) is 76.0 cm³/mol. The van der Waals surface area contributed by atoms with Crippen molar-refractivity contribution in [3.05, 3.63) is 23.8 Å². The zero-order valence-electron chi connectivity index (χ0n) is 12.3. The van der Waals surface area contributed by atoms with E-state index < -0.39 is 0 Å². The van der Waals surface area contributed by atoms with Gasteiger partial charge < -0.3 is 20.1 Å². The number of amides is 1. The average molecular weight is 279 g/mol. The van der Waals surface area contributed by atoms with Crippen LogP contribution in [-0.4, -0.2) is 32.7 Å². The van der Waals surface area contributed by atoms with Crippen LogP contribution >= 0.6 is 0 Å². The molecule has 1 aromatic carbocycles. The van der Waals surface area contributed by atoms with Crippen LogP contribution in [-0.2, 0) is 4.79 Å². The van der Waals surface area contributed by atoms with E-state index in [1.54, 1.807) is 14.2 Å². The number of benzene rings is 1. The van der Waals surface area contributed by atoms with E-state index in [1.165, 1.54) is 4.90 Å². The molecule has 0 saturated carbocycles. The summed E-state index contributed by atoms with van der Waals surface area (Å²) in [4.78, 5) is 12.7. The summed E-state index contributed by atoms with van der Waals surface area (Å²) in [6.45, 7) is 2.85. The molecule has 1 fully saturated rings. The Hall–Kier alpha value is -1.75. The monoisotopic (exact) mass is 279 g/mol. The fourth-order valence-corrected chi connectivity index (χ4v) is 3.04. The summed E-state index contributed by atoms with van der Waals surface area (Å²) in [6.07, 6.45) is 2.11. The summed E-state index contributed by atoms with van der Waals surface area (Å²) in [5, 5.41) is 0. The van der Waals surface area contributed by atoms with Gasteiger partial charge in [0.25, 0.3) is 5.91 Å². The van der Waals surface area contributed by atoms with Gasteiger partial charge >= 0.3 is 0 Å². The number of primary amides is 1. The van der Waals surface area contributed by atoms with Crippen LogP contribution in [0.1, 0.15) is 31.4 Å². The highest BCUT2D eigenvalue weighted by atomic mass is 16.5. The molecule has 3 N–H and O–H groups in total. The number of hydrogen-bond acceptors (Lipinski definition) is 3. The lowest BCUT2D eigenvalue weighted by Crippen LogP contribution is -3.15. The number of methoxy groups -OCH3 is 2. The van der Waals surface area contributed by atoms with Crippen molar-refractivity contribution in [2.75, 3.05) is 20.8 Å². The minimum atomic E-state index is -0.256. The highest BCUT2D eigenvalue weighted by Gasteiger charge is 2.37. The van der Waals surface area contributed by atoms with E-state index in [4.69, 9.17) is 15.2 Å². The molecule has 20 heavy (non-hydrogen) atoms. The number of carbonyl (C=O) groups is 1. The highest BCUT2D eigenvalue weighted by Crippen LogP contribution is 2.31. The van der Waals surface area contributed by atoms with Crippen LogP contribution in [0.25, 0.3) is 0 Å². The summed E-state index contributed by atoms with van der Waals surface area (Å²) in [7, 11) is 3.31. The Kier molecular flexibility index (Phi) is 4.49. The topological polar surface area (TPSA) is 66.0 Å². The first kappa shape index (κ1) is 14.7. The van der Waals surface area contributed by atoms with Gasteiger partial charge in [-0.2, -0.15) is 0 Å². The number of likely N-dealkylation sites (tertiary alicyclic amines) is 1. The van der Waals surface area contributed by atoms with Crippen LogP contribution in [0.2, 0.25) is 0 Å². The molecule has 0 bridgehead atoms. The molecule has 1 aliphatic rings. The minimum Gasteiger partial charge on any atom is -0.497 e. The number of quaternary nitrogens is 1. The third kappa shape index (κ3) is 2.72. The van der Waals surface area contributed by atoms with Gasteiger partial charge in [-0.15, -0.1) is 0 Å². The first-order valence-electron chi connectivity index (χ1n) is 6.95. The minimum absolute atomic E-state index is 0.196. The lowest BCUT2D eigenvalue weighted by atomic mass is 10.0. The van der Waals surface area contributed by atoms with Crippen molar-refractivity contribution in [1.29, 1.82) is 0 Å². The van der Waals surface area contributed by atoms with E-state index >= 15 is 0 Å². The molecular weight excluding hydrogens is 256 g/mol. The Morgan fingerprint density at radius 2 is 2.15 bits per heavy atom. The van der Waals surface area contributed by atoms with Gasteiger partial charge in [-0.25, -0.2) is 0 Å². The molecule has 1 aromatic rings. The average Bonchev–Trinajstić information content (AvgIpc) is 2.94. The van der Waals surface area contributed by atoms with Gasteiger partial charge in [0.2, 0.25) is 0 Å². The molecule has 0 spiro atoms. The number of carbonyl (C=O) groups excluding carboxylic acids is 1. The third-order valence-corrected chi connectivity index (χ3v) is 4.20. The van der Waals surface area contributed by atoms with Gasteiger partial charge in [0.15, 0.2) is 6.04 Å². The number of nitrogens with one attached hydrogen (secondary N) is 1. The van der Waals surface area contributed by atoms with Crippen LogP contribution in [0.3, 0.4) is 0 Å². The van der Waals surface area contributed by atoms with E-state index in [-0.39, 0.29) is 18.0 Å². The molecule has 1 heterocycles. The van der Waals surface area contributed by atoms with Crippen molar-refractivity contribution in [2.45, 2.75) is 31.8 Å². The fourth-order valence-electron chi connectivity index (χ4n) is 3.04.